The van der Waals surface area contributed by atoms with Crippen LogP contribution < -0.4 is 0 Å². The molecule has 0 aliphatic carbocycles. The normalized spacial score (nSPS) is 13.1. The highest BCUT2D eigenvalue weighted by atomic mass is 79.9. The molecule has 0 aromatic carbocycles. The summed E-state index contributed by atoms with van der Waals surface area (Å²) in [5.41, 5.74) is 0. The molecular weight excluding hydrogens is 164 g/mol. The zero-order valence-electron chi connectivity index (χ0n) is 5.32. The van der Waals surface area contributed by atoms with Crippen LogP contribution in [0.15, 0.2) is 22.7 Å². The van der Waals surface area contributed by atoms with E-state index in [9.17, 15) is 0 Å². The van der Waals surface area contributed by atoms with Crippen molar-refractivity contribution < 1.29 is 0 Å². The minimum atomic E-state index is 1.02. The van der Waals surface area contributed by atoms with Crippen LogP contribution >= 0.6 is 15.9 Å². The summed E-state index contributed by atoms with van der Waals surface area (Å²) < 4.78 is 1.25. The lowest BCUT2D eigenvalue weighted by atomic mass is 10.3. The first kappa shape index (κ1) is 7.96. The van der Waals surface area contributed by atoms with E-state index in [1.165, 1.54) is 4.48 Å². The highest BCUT2D eigenvalue weighted by molar-refractivity contribution is 9.11. The molecule has 0 fully saturated rings. The van der Waals surface area contributed by atoms with Crippen molar-refractivity contribution in [2.75, 3.05) is 0 Å². The highest BCUT2D eigenvalue weighted by Gasteiger charge is 1.80. The van der Waals surface area contributed by atoms with E-state index in [2.05, 4.69) is 28.1 Å². The molecule has 0 rings (SSSR count). The van der Waals surface area contributed by atoms with Crippen LogP contribution in [0.25, 0.3) is 0 Å². The van der Waals surface area contributed by atoms with E-state index in [0.29, 0.717) is 0 Å². The van der Waals surface area contributed by atoms with Gasteiger partial charge in [-0.2, -0.15) is 0 Å². The van der Waals surface area contributed by atoms with Crippen LogP contribution in [-0.4, -0.2) is 0 Å². The number of hydrogen-bond donors (Lipinski definition) is 0. The Bertz CT molecular complexity index is 101. The monoisotopic (exact) mass is 174 g/mol. The Morgan fingerprint density at radius 3 is 2.50 bits per heavy atom. The quantitative estimate of drug-likeness (QED) is 0.565. The molecule has 0 bridgehead atoms. The molecule has 0 aromatic rings. The fraction of sp³-hybridized carbons (Fsp3) is 0.429. The van der Waals surface area contributed by atoms with Gasteiger partial charge in [0.05, 0.1) is 0 Å². The summed E-state index contributed by atoms with van der Waals surface area (Å²) in [7, 11) is 0. The summed E-state index contributed by atoms with van der Waals surface area (Å²) in [6.07, 6.45) is 7.24. The van der Waals surface area contributed by atoms with Crippen molar-refractivity contribution >= 4 is 15.9 Å². The van der Waals surface area contributed by atoms with Crippen LogP contribution in [0.2, 0.25) is 0 Å². The summed E-state index contributed by atoms with van der Waals surface area (Å²) in [5.74, 6) is 0. The SMILES string of the molecule is CC=CCC(Br)=CC. The van der Waals surface area contributed by atoms with Gasteiger partial charge in [-0.3, -0.25) is 0 Å². The maximum absolute atomic E-state index is 3.39. The van der Waals surface area contributed by atoms with Gasteiger partial charge < -0.3 is 0 Å². The van der Waals surface area contributed by atoms with Gasteiger partial charge in [0.1, 0.15) is 0 Å². The smallest absolute Gasteiger partial charge is 0.00344 e. The first-order chi connectivity index (χ1) is 3.81. The third-order valence-electron chi connectivity index (χ3n) is 0.862. The lowest BCUT2D eigenvalue weighted by molar-refractivity contribution is 1.34. The molecule has 0 atom stereocenters. The summed E-state index contributed by atoms with van der Waals surface area (Å²) in [5, 5.41) is 0. The molecule has 0 aromatic heterocycles. The van der Waals surface area contributed by atoms with Gasteiger partial charge in [-0.15, -0.1) is 0 Å². The second kappa shape index (κ2) is 5.10. The first-order valence-electron chi connectivity index (χ1n) is 2.73. The molecule has 0 N–H and O–H groups in total. The van der Waals surface area contributed by atoms with E-state index in [1.54, 1.807) is 0 Å². The van der Waals surface area contributed by atoms with Crippen LogP contribution in [0, 0.1) is 0 Å². The Kier molecular flexibility index (Phi) is 5.08. The molecular formula is C7H11Br. The van der Waals surface area contributed by atoms with Crippen molar-refractivity contribution in [2.24, 2.45) is 0 Å². The first-order valence-corrected chi connectivity index (χ1v) is 3.52. The number of allylic oxidation sites excluding steroid dienone is 4. The molecule has 8 heavy (non-hydrogen) atoms. The van der Waals surface area contributed by atoms with E-state index in [4.69, 9.17) is 0 Å². The minimum Gasteiger partial charge on any atom is -0.0913 e. The lowest BCUT2D eigenvalue weighted by Crippen LogP contribution is -1.62. The Hall–Kier alpha value is -0.0400. The average Bonchev–Trinajstić information content (AvgIpc) is 1.83. The zero-order valence-corrected chi connectivity index (χ0v) is 6.90. The summed E-state index contributed by atoms with van der Waals surface area (Å²) in [4.78, 5) is 0. The van der Waals surface area contributed by atoms with Gasteiger partial charge >= 0.3 is 0 Å². The van der Waals surface area contributed by atoms with E-state index >= 15 is 0 Å². The molecule has 0 spiro atoms. The number of hydrogen-bond acceptors (Lipinski definition) is 0. The third kappa shape index (κ3) is 4.13. The van der Waals surface area contributed by atoms with Crippen LogP contribution in [0.4, 0.5) is 0 Å². The topological polar surface area (TPSA) is 0 Å². The Labute approximate surface area is 59.4 Å². The Balaban J connectivity index is 3.40. The molecule has 0 saturated heterocycles. The van der Waals surface area contributed by atoms with E-state index < -0.39 is 0 Å². The van der Waals surface area contributed by atoms with Crippen molar-refractivity contribution in [2.45, 2.75) is 20.3 Å². The van der Waals surface area contributed by atoms with Crippen LogP contribution in [0.1, 0.15) is 20.3 Å². The van der Waals surface area contributed by atoms with E-state index in [1.807, 2.05) is 19.9 Å². The maximum Gasteiger partial charge on any atom is -0.00344 e. The summed E-state index contributed by atoms with van der Waals surface area (Å²) in [6.45, 7) is 4.05. The largest absolute Gasteiger partial charge is 0.0913 e. The van der Waals surface area contributed by atoms with Gasteiger partial charge in [0.25, 0.3) is 0 Å². The van der Waals surface area contributed by atoms with Crippen molar-refractivity contribution in [1.82, 2.24) is 0 Å². The molecule has 0 radical (unpaired) electrons. The van der Waals surface area contributed by atoms with Gasteiger partial charge in [0.15, 0.2) is 0 Å². The molecule has 0 nitrogen and oxygen atoms in total. The Morgan fingerprint density at radius 1 is 1.50 bits per heavy atom. The van der Waals surface area contributed by atoms with Crippen molar-refractivity contribution in [3.8, 4) is 0 Å². The van der Waals surface area contributed by atoms with E-state index in [-0.39, 0.29) is 0 Å². The molecule has 46 valence electrons. The molecule has 0 aliphatic heterocycles. The van der Waals surface area contributed by atoms with Crippen molar-refractivity contribution in [1.29, 1.82) is 0 Å². The van der Waals surface area contributed by atoms with Crippen molar-refractivity contribution in [3.05, 3.63) is 22.7 Å². The molecule has 0 heterocycles. The zero-order chi connectivity index (χ0) is 6.41. The third-order valence-corrected chi connectivity index (χ3v) is 1.64. The maximum atomic E-state index is 3.39. The van der Waals surface area contributed by atoms with Crippen LogP contribution in [0.5, 0.6) is 0 Å². The van der Waals surface area contributed by atoms with Gasteiger partial charge in [0.2, 0.25) is 0 Å². The molecule has 0 unspecified atom stereocenters. The fourth-order valence-corrected chi connectivity index (χ4v) is 0.535. The van der Waals surface area contributed by atoms with Gasteiger partial charge in [-0.1, -0.05) is 34.2 Å². The summed E-state index contributed by atoms with van der Waals surface area (Å²) in [6, 6.07) is 0. The number of halogens is 1. The fourth-order valence-electron chi connectivity index (χ4n) is 0.348. The standard InChI is InChI=1S/C7H11Br/c1-3-5-6-7(8)4-2/h3-5H,6H2,1-2H3. The second-order valence-electron chi connectivity index (χ2n) is 1.51. The predicted octanol–water partition coefficient (Wildman–Crippen LogP) is 3.25. The predicted molar refractivity (Wildman–Crippen MR) is 42.1 cm³/mol. The van der Waals surface area contributed by atoms with Gasteiger partial charge in [0, 0.05) is 0 Å². The second-order valence-corrected chi connectivity index (χ2v) is 2.53. The minimum absolute atomic E-state index is 1.02. The van der Waals surface area contributed by atoms with Crippen LogP contribution in [0.3, 0.4) is 0 Å². The molecule has 0 saturated carbocycles. The Morgan fingerprint density at radius 2 is 2.12 bits per heavy atom. The molecule has 0 amide bonds. The van der Waals surface area contributed by atoms with Gasteiger partial charge in [-0.05, 0) is 24.8 Å². The molecule has 1 heteroatoms. The highest BCUT2D eigenvalue weighted by Crippen LogP contribution is 2.09. The average molecular weight is 175 g/mol. The number of rotatable bonds is 2. The van der Waals surface area contributed by atoms with Crippen molar-refractivity contribution in [3.63, 3.8) is 0 Å². The molecule has 0 aliphatic rings. The lowest BCUT2D eigenvalue weighted by Gasteiger charge is -1.86. The van der Waals surface area contributed by atoms with Gasteiger partial charge in [-0.25, -0.2) is 0 Å². The summed E-state index contributed by atoms with van der Waals surface area (Å²) >= 11 is 3.39. The van der Waals surface area contributed by atoms with E-state index in [0.717, 1.165) is 6.42 Å². The van der Waals surface area contributed by atoms with Crippen LogP contribution in [-0.2, 0) is 0 Å².